The number of nitrogens with one attached hydrogen (secondary N) is 2. The SMILES string of the molecule is I.NC(=NCC1CCC1)NCCNC(=O)c1ccc(Br)cc1. The van der Waals surface area contributed by atoms with Gasteiger partial charge in [0.15, 0.2) is 5.96 Å². The molecule has 1 fully saturated rings. The predicted molar refractivity (Wildman–Crippen MR) is 104 cm³/mol. The molecule has 1 aliphatic rings. The number of nitrogens with zero attached hydrogens (tertiary/aromatic N) is 1. The number of benzene rings is 1. The molecule has 0 radical (unpaired) electrons. The molecule has 1 aliphatic carbocycles. The standard InChI is InChI=1S/C15H21BrN4O.HI/c16-13-6-4-12(5-7-13)14(21)18-8-9-19-15(17)20-10-11-2-1-3-11;/h4-7,11H,1-3,8-10H2,(H,18,21)(H3,17,19,20);1H. The van der Waals surface area contributed by atoms with Crippen molar-refractivity contribution in [2.75, 3.05) is 19.6 Å². The van der Waals surface area contributed by atoms with Crippen LogP contribution in [-0.2, 0) is 0 Å². The molecule has 5 nitrogen and oxygen atoms in total. The third-order valence-corrected chi connectivity index (χ3v) is 4.10. The molecule has 7 heteroatoms. The third kappa shape index (κ3) is 6.51. The Morgan fingerprint density at radius 2 is 1.86 bits per heavy atom. The largest absolute Gasteiger partial charge is 0.370 e. The summed E-state index contributed by atoms with van der Waals surface area (Å²) >= 11 is 3.34. The van der Waals surface area contributed by atoms with Crippen LogP contribution in [0.25, 0.3) is 0 Å². The number of amides is 1. The predicted octanol–water partition coefficient (Wildman–Crippen LogP) is 2.50. The highest BCUT2D eigenvalue weighted by atomic mass is 127. The highest BCUT2D eigenvalue weighted by molar-refractivity contribution is 14.0. The first-order valence-electron chi connectivity index (χ1n) is 7.22. The molecule has 1 saturated carbocycles. The molecule has 0 heterocycles. The molecule has 0 bridgehead atoms. The molecule has 4 N–H and O–H groups in total. The number of hydrogen-bond donors (Lipinski definition) is 3. The van der Waals surface area contributed by atoms with Gasteiger partial charge in [-0.3, -0.25) is 9.79 Å². The summed E-state index contributed by atoms with van der Waals surface area (Å²) in [5.41, 5.74) is 6.41. The van der Waals surface area contributed by atoms with Gasteiger partial charge < -0.3 is 16.4 Å². The smallest absolute Gasteiger partial charge is 0.251 e. The average molecular weight is 481 g/mol. The van der Waals surface area contributed by atoms with Crippen molar-refractivity contribution >= 4 is 51.8 Å². The number of aliphatic imine (C=N–C) groups is 1. The summed E-state index contributed by atoms with van der Waals surface area (Å²) < 4.78 is 0.955. The summed E-state index contributed by atoms with van der Waals surface area (Å²) in [6, 6.07) is 7.25. The number of nitrogens with two attached hydrogens (primary N) is 1. The Hall–Kier alpha value is -0.830. The van der Waals surface area contributed by atoms with Gasteiger partial charge in [0.25, 0.3) is 5.91 Å². The zero-order chi connectivity index (χ0) is 15.1. The second-order valence-corrected chi connectivity index (χ2v) is 6.13. The van der Waals surface area contributed by atoms with Crippen LogP contribution in [0.15, 0.2) is 33.7 Å². The van der Waals surface area contributed by atoms with E-state index in [0.29, 0.717) is 30.5 Å². The minimum Gasteiger partial charge on any atom is -0.370 e. The van der Waals surface area contributed by atoms with E-state index in [1.165, 1.54) is 19.3 Å². The number of carbonyl (C=O) groups is 1. The Morgan fingerprint density at radius 3 is 2.45 bits per heavy atom. The van der Waals surface area contributed by atoms with Gasteiger partial charge in [0.05, 0.1) is 0 Å². The van der Waals surface area contributed by atoms with Gasteiger partial charge >= 0.3 is 0 Å². The van der Waals surface area contributed by atoms with Crippen molar-refractivity contribution in [2.24, 2.45) is 16.6 Å². The number of carbonyl (C=O) groups excluding carboxylic acids is 1. The van der Waals surface area contributed by atoms with Gasteiger partial charge in [-0.25, -0.2) is 0 Å². The topological polar surface area (TPSA) is 79.5 Å². The number of halogens is 2. The van der Waals surface area contributed by atoms with E-state index >= 15 is 0 Å². The summed E-state index contributed by atoms with van der Waals surface area (Å²) in [6.07, 6.45) is 3.84. The van der Waals surface area contributed by atoms with Gasteiger partial charge in [-0.2, -0.15) is 0 Å². The number of rotatable bonds is 6. The van der Waals surface area contributed by atoms with Crippen LogP contribution in [0.3, 0.4) is 0 Å². The van der Waals surface area contributed by atoms with Crippen molar-refractivity contribution in [2.45, 2.75) is 19.3 Å². The molecule has 0 aromatic heterocycles. The second kappa shape index (κ2) is 10.0. The van der Waals surface area contributed by atoms with Crippen LogP contribution in [0.2, 0.25) is 0 Å². The summed E-state index contributed by atoms with van der Waals surface area (Å²) in [5.74, 6) is 1.08. The molecule has 22 heavy (non-hydrogen) atoms. The Morgan fingerprint density at radius 1 is 1.23 bits per heavy atom. The minimum absolute atomic E-state index is 0. The molecule has 2 rings (SSSR count). The normalized spacial score (nSPS) is 14.7. The van der Waals surface area contributed by atoms with Crippen molar-refractivity contribution in [1.29, 1.82) is 0 Å². The molecule has 122 valence electrons. The van der Waals surface area contributed by atoms with Gasteiger partial charge in [0.1, 0.15) is 0 Å². The van der Waals surface area contributed by atoms with Crippen LogP contribution in [-0.4, -0.2) is 31.5 Å². The van der Waals surface area contributed by atoms with Gasteiger partial charge in [-0.05, 0) is 43.0 Å². The van der Waals surface area contributed by atoms with E-state index in [1.807, 2.05) is 12.1 Å². The number of guanidine groups is 1. The highest BCUT2D eigenvalue weighted by Crippen LogP contribution is 2.26. The van der Waals surface area contributed by atoms with Gasteiger partial charge in [0, 0.05) is 29.7 Å². The summed E-state index contributed by atoms with van der Waals surface area (Å²) in [4.78, 5) is 16.1. The van der Waals surface area contributed by atoms with Crippen LogP contribution in [0.5, 0.6) is 0 Å². The first-order chi connectivity index (χ1) is 10.1. The molecule has 1 aromatic carbocycles. The fourth-order valence-corrected chi connectivity index (χ4v) is 2.29. The Kier molecular flexibility index (Phi) is 8.77. The van der Waals surface area contributed by atoms with E-state index in [1.54, 1.807) is 12.1 Å². The molecular formula is C15H22BrIN4O. The van der Waals surface area contributed by atoms with Gasteiger partial charge in [0.2, 0.25) is 0 Å². The fourth-order valence-electron chi connectivity index (χ4n) is 2.03. The van der Waals surface area contributed by atoms with Crippen molar-refractivity contribution < 1.29 is 4.79 Å². The second-order valence-electron chi connectivity index (χ2n) is 5.21. The Labute approximate surface area is 156 Å². The van der Waals surface area contributed by atoms with Crippen LogP contribution in [0, 0.1) is 5.92 Å². The monoisotopic (exact) mass is 480 g/mol. The lowest BCUT2D eigenvalue weighted by atomic mass is 9.86. The van der Waals surface area contributed by atoms with Crippen LogP contribution in [0.1, 0.15) is 29.6 Å². The van der Waals surface area contributed by atoms with Gasteiger partial charge in [-0.15, -0.1) is 24.0 Å². The van der Waals surface area contributed by atoms with Crippen molar-refractivity contribution in [3.63, 3.8) is 0 Å². The van der Waals surface area contributed by atoms with E-state index in [2.05, 4.69) is 31.6 Å². The lowest BCUT2D eigenvalue weighted by Crippen LogP contribution is -2.38. The van der Waals surface area contributed by atoms with Crippen LogP contribution < -0.4 is 16.4 Å². The lowest BCUT2D eigenvalue weighted by molar-refractivity contribution is 0.0954. The van der Waals surface area contributed by atoms with Crippen LogP contribution >= 0.6 is 39.9 Å². The quantitative estimate of drug-likeness (QED) is 0.253. The van der Waals surface area contributed by atoms with Crippen LogP contribution in [0.4, 0.5) is 0 Å². The molecular weight excluding hydrogens is 459 g/mol. The summed E-state index contributed by atoms with van der Waals surface area (Å²) in [5, 5.41) is 5.84. The molecule has 1 aromatic rings. The minimum atomic E-state index is -0.0886. The van der Waals surface area contributed by atoms with E-state index < -0.39 is 0 Å². The van der Waals surface area contributed by atoms with Crippen molar-refractivity contribution in [3.05, 3.63) is 34.3 Å². The molecule has 0 saturated heterocycles. The maximum atomic E-state index is 11.8. The van der Waals surface area contributed by atoms with Crippen molar-refractivity contribution in [1.82, 2.24) is 10.6 Å². The van der Waals surface area contributed by atoms with E-state index in [9.17, 15) is 4.79 Å². The molecule has 0 aliphatic heterocycles. The summed E-state index contributed by atoms with van der Waals surface area (Å²) in [7, 11) is 0. The zero-order valence-corrected chi connectivity index (χ0v) is 16.3. The Bertz CT molecular complexity index is 503. The average Bonchev–Trinajstić information content (AvgIpc) is 2.42. The first-order valence-corrected chi connectivity index (χ1v) is 8.02. The maximum absolute atomic E-state index is 11.8. The fraction of sp³-hybridized carbons (Fsp3) is 0.467. The third-order valence-electron chi connectivity index (χ3n) is 3.57. The first kappa shape index (κ1) is 19.2. The highest BCUT2D eigenvalue weighted by Gasteiger charge is 2.16. The molecule has 0 spiro atoms. The molecule has 0 atom stereocenters. The summed E-state index contributed by atoms with van der Waals surface area (Å²) in [6.45, 7) is 1.89. The van der Waals surface area contributed by atoms with Crippen molar-refractivity contribution in [3.8, 4) is 0 Å². The zero-order valence-electron chi connectivity index (χ0n) is 12.3. The number of hydrogen-bond acceptors (Lipinski definition) is 2. The molecule has 1 amide bonds. The van der Waals surface area contributed by atoms with Gasteiger partial charge in [-0.1, -0.05) is 22.4 Å². The maximum Gasteiger partial charge on any atom is 0.251 e. The van der Waals surface area contributed by atoms with E-state index in [-0.39, 0.29) is 29.9 Å². The Balaban J connectivity index is 0.00000242. The lowest BCUT2D eigenvalue weighted by Gasteiger charge is -2.23. The van der Waals surface area contributed by atoms with E-state index in [0.717, 1.165) is 11.0 Å². The van der Waals surface area contributed by atoms with E-state index in [4.69, 9.17) is 5.73 Å². The molecule has 0 unspecified atom stereocenters.